The van der Waals surface area contributed by atoms with Crippen molar-refractivity contribution in [2.24, 2.45) is 0 Å². The van der Waals surface area contributed by atoms with Gasteiger partial charge < -0.3 is 15.0 Å². The summed E-state index contributed by atoms with van der Waals surface area (Å²) in [7, 11) is 1.72. The predicted octanol–water partition coefficient (Wildman–Crippen LogP) is 2.68. The first-order valence-corrected chi connectivity index (χ1v) is 8.15. The maximum Gasteiger partial charge on any atom is 0.343 e. The maximum atomic E-state index is 12.5. The predicted molar refractivity (Wildman–Crippen MR) is 88.4 cm³/mol. The largest absolute Gasteiger partial charge is 0.449 e. The second-order valence-electron chi connectivity index (χ2n) is 5.70. The van der Waals surface area contributed by atoms with Gasteiger partial charge in [0.15, 0.2) is 6.10 Å². The molecule has 0 saturated carbocycles. The van der Waals surface area contributed by atoms with E-state index in [1.54, 1.807) is 25.8 Å². The normalized spacial score (nSPS) is 12.4. The molecule has 0 spiro atoms. The molecule has 0 aliphatic rings. The van der Waals surface area contributed by atoms with Gasteiger partial charge in [-0.2, -0.15) is 4.37 Å². The number of rotatable bonds is 6. The van der Waals surface area contributed by atoms with E-state index in [2.05, 4.69) is 9.69 Å². The van der Waals surface area contributed by atoms with Crippen molar-refractivity contribution in [3.8, 4) is 0 Å². The number of nitrogens with zero attached hydrogens (tertiary/aromatic N) is 2. The minimum Gasteiger partial charge on any atom is -0.449 e. The Morgan fingerprint density at radius 1 is 1.18 bits per heavy atom. The third-order valence-corrected chi connectivity index (χ3v) is 4.25. The molecular formula is C15H25N3O3S. The molecule has 1 amide bonds. The van der Waals surface area contributed by atoms with E-state index in [0.29, 0.717) is 16.3 Å². The van der Waals surface area contributed by atoms with Crippen LogP contribution in [0, 0.1) is 6.92 Å². The molecule has 1 aromatic heterocycles. The third-order valence-electron chi connectivity index (χ3n) is 3.29. The van der Waals surface area contributed by atoms with Crippen molar-refractivity contribution in [2.75, 3.05) is 12.4 Å². The number of ether oxygens (including phenoxy) is 1. The number of anilines is 1. The molecule has 124 valence electrons. The monoisotopic (exact) mass is 327 g/mol. The van der Waals surface area contributed by atoms with E-state index >= 15 is 0 Å². The zero-order chi connectivity index (χ0) is 17.0. The van der Waals surface area contributed by atoms with E-state index in [1.807, 2.05) is 27.7 Å². The number of amides is 1. The number of hydrogen-bond acceptors (Lipinski definition) is 6. The van der Waals surface area contributed by atoms with Crippen molar-refractivity contribution in [3.05, 3.63) is 11.3 Å². The summed E-state index contributed by atoms with van der Waals surface area (Å²) in [6, 6.07) is 0.0946. The summed E-state index contributed by atoms with van der Waals surface area (Å²) in [5.41, 5.74) is 0.997. The third kappa shape index (κ3) is 3.97. The van der Waals surface area contributed by atoms with Crippen LogP contribution < -0.4 is 5.32 Å². The van der Waals surface area contributed by atoms with Crippen LogP contribution in [0.4, 0.5) is 5.00 Å². The van der Waals surface area contributed by atoms with E-state index < -0.39 is 12.1 Å². The first-order valence-electron chi connectivity index (χ1n) is 7.37. The highest BCUT2D eigenvalue weighted by molar-refractivity contribution is 7.10. The van der Waals surface area contributed by atoms with E-state index in [-0.39, 0.29) is 18.0 Å². The summed E-state index contributed by atoms with van der Waals surface area (Å²) < 4.78 is 9.49. The number of nitrogens with one attached hydrogen (secondary N) is 1. The van der Waals surface area contributed by atoms with Gasteiger partial charge in [0.1, 0.15) is 10.6 Å². The standard InChI is InChI=1S/C15H25N3O3S/c1-8(2)18(9(3)4)14(19)11(6)21-15(20)12-10(5)17-22-13(12)16-7/h8-9,11,16H,1-7H3. The van der Waals surface area contributed by atoms with Gasteiger partial charge in [-0.05, 0) is 53.1 Å². The number of aryl methyl sites for hydroxylation is 1. The number of carbonyl (C=O) groups is 2. The van der Waals surface area contributed by atoms with Gasteiger partial charge in [-0.15, -0.1) is 0 Å². The fraction of sp³-hybridized carbons (Fsp3) is 0.667. The Labute approximate surface area is 136 Å². The summed E-state index contributed by atoms with van der Waals surface area (Å²) >= 11 is 1.20. The molecule has 1 atom stereocenters. The molecule has 1 aromatic rings. The fourth-order valence-corrected chi connectivity index (χ4v) is 3.10. The minimum absolute atomic E-state index is 0.0473. The fourth-order valence-electron chi connectivity index (χ4n) is 2.37. The molecule has 1 N–H and O–H groups in total. The second kappa shape index (κ2) is 7.58. The molecular weight excluding hydrogens is 302 g/mol. The van der Waals surface area contributed by atoms with Gasteiger partial charge in [0.25, 0.3) is 5.91 Å². The SMILES string of the molecule is CNc1snc(C)c1C(=O)OC(C)C(=O)N(C(C)C)C(C)C. The summed E-state index contributed by atoms with van der Waals surface area (Å²) in [5, 5.41) is 3.56. The Balaban J connectivity index is 2.87. The van der Waals surface area contributed by atoms with Crippen LogP contribution in [0.1, 0.15) is 50.7 Å². The molecule has 0 fully saturated rings. The Kier molecular flexibility index (Phi) is 6.34. The molecule has 0 bridgehead atoms. The molecule has 0 aliphatic heterocycles. The lowest BCUT2D eigenvalue weighted by Gasteiger charge is -2.32. The summed E-state index contributed by atoms with van der Waals surface area (Å²) in [4.78, 5) is 26.5. The van der Waals surface area contributed by atoms with E-state index in [4.69, 9.17) is 4.74 Å². The van der Waals surface area contributed by atoms with Crippen LogP contribution in [0.2, 0.25) is 0 Å². The smallest absolute Gasteiger partial charge is 0.343 e. The molecule has 0 saturated heterocycles. The topological polar surface area (TPSA) is 71.5 Å². The zero-order valence-electron chi connectivity index (χ0n) is 14.3. The Morgan fingerprint density at radius 3 is 2.18 bits per heavy atom. The van der Waals surface area contributed by atoms with Crippen LogP contribution in [-0.4, -0.2) is 46.4 Å². The second-order valence-corrected chi connectivity index (χ2v) is 6.48. The van der Waals surface area contributed by atoms with Crippen molar-refractivity contribution in [1.29, 1.82) is 0 Å². The van der Waals surface area contributed by atoms with Crippen LogP contribution in [0.5, 0.6) is 0 Å². The molecule has 1 heterocycles. The first-order chi connectivity index (χ1) is 10.2. The van der Waals surface area contributed by atoms with Crippen molar-refractivity contribution < 1.29 is 14.3 Å². The van der Waals surface area contributed by atoms with Gasteiger partial charge >= 0.3 is 5.97 Å². The summed E-state index contributed by atoms with van der Waals surface area (Å²) in [6.45, 7) is 11.1. The molecule has 7 heteroatoms. The van der Waals surface area contributed by atoms with Crippen molar-refractivity contribution in [1.82, 2.24) is 9.27 Å². The minimum atomic E-state index is -0.832. The average molecular weight is 327 g/mol. The molecule has 6 nitrogen and oxygen atoms in total. The lowest BCUT2D eigenvalue weighted by molar-refractivity contribution is -0.143. The van der Waals surface area contributed by atoms with Crippen LogP contribution in [0.3, 0.4) is 0 Å². The van der Waals surface area contributed by atoms with Gasteiger partial charge in [0, 0.05) is 19.1 Å². The quantitative estimate of drug-likeness (QED) is 0.813. The van der Waals surface area contributed by atoms with Gasteiger partial charge in [-0.3, -0.25) is 4.79 Å². The number of esters is 1. The highest BCUT2D eigenvalue weighted by Gasteiger charge is 2.29. The van der Waals surface area contributed by atoms with Crippen molar-refractivity contribution in [3.63, 3.8) is 0 Å². The van der Waals surface area contributed by atoms with Gasteiger partial charge in [-0.1, -0.05) is 0 Å². The zero-order valence-corrected chi connectivity index (χ0v) is 15.1. The Hall–Kier alpha value is -1.63. The van der Waals surface area contributed by atoms with Crippen molar-refractivity contribution >= 4 is 28.4 Å². The number of aromatic nitrogens is 1. The molecule has 1 rings (SSSR count). The summed E-state index contributed by atoms with van der Waals surface area (Å²) in [5.74, 6) is -0.714. The highest BCUT2D eigenvalue weighted by Crippen LogP contribution is 2.25. The van der Waals surface area contributed by atoms with E-state index in [9.17, 15) is 9.59 Å². The van der Waals surface area contributed by atoms with Crippen LogP contribution in [0.15, 0.2) is 0 Å². The summed E-state index contributed by atoms with van der Waals surface area (Å²) in [6.07, 6.45) is -0.832. The van der Waals surface area contributed by atoms with Gasteiger partial charge in [-0.25, -0.2) is 4.79 Å². The van der Waals surface area contributed by atoms with Crippen LogP contribution >= 0.6 is 11.5 Å². The Bertz CT molecular complexity index is 532. The maximum absolute atomic E-state index is 12.5. The van der Waals surface area contributed by atoms with Gasteiger partial charge in [0.2, 0.25) is 0 Å². The number of hydrogen-bond donors (Lipinski definition) is 1. The Morgan fingerprint density at radius 2 is 1.73 bits per heavy atom. The van der Waals surface area contributed by atoms with Crippen LogP contribution in [0.25, 0.3) is 0 Å². The van der Waals surface area contributed by atoms with Crippen molar-refractivity contribution in [2.45, 2.75) is 59.7 Å². The molecule has 0 aliphatic carbocycles. The lowest BCUT2D eigenvalue weighted by Crippen LogP contribution is -2.47. The van der Waals surface area contributed by atoms with Gasteiger partial charge in [0.05, 0.1) is 5.69 Å². The van der Waals surface area contributed by atoms with E-state index in [0.717, 1.165) is 0 Å². The molecule has 0 radical (unpaired) electrons. The van der Waals surface area contributed by atoms with Crippen LogP contribution in [-0.2, 0) is 9.53 Å². The average Bonchev–Trinajstić information content (AvgIpc) is 2.78. The molecule has 0 aromatic carbocycles. The highest BCUT2D eigenvalue weighted by atomic mass is 32.1. The molecule has 22 heavy (non-hydrogen) atoms. The lowest BCUT2D eigenvalue weighted by atomic mass is 10.2. The molecule has 1 unspecified atom stereocenters. The number of carbonyl (C=O) groups excluding carboxylic acids is 2. The van der Waals surface area contributed by atoms with E-state index in [1.165, 1.54) is 11.5 Å². The first kappa shape index (κ1) is 18.4.